The van der Waals surface area contributed by atoms with E-state index in [1.165, 1.54) is 7.11 Å². The van der Waals surface area contributed by atoms with Crippen LogP contribution < -0.4 is 0 Å². The van der Waals surface area contributed by atoms with Crippen molar-refractivity contribution in [3.8, 4) is 0 Å². The Morgan fingerprint density at radius 2 is 2.00 bits per heavy atom. The molecule has 90 valence electrons. The summed E-state index contributed by atoms with van der Waals surface area (Å²) in [7, 11) is 1.41. The minimum absolute atomic E-state index is 0.420. The quantitative estimate of drug-likeness (QED) is 0.433. The molecule has 4 N–H and O–H groups in total. The van der Waals surface area contributed by atoms with Crippen LogP contribution in [0.3, 0.4) is 0 Å². The Balaban J connectivity index is 2.91. The summed E-state index contributed by atoms with van der Waals surface area (Å²) < 4.78 is 10.3. The molecule has 0 aromatic rings. The maximum atomic E-state index is 9.78. The molecule has 6 nitrogen and oxygen atoms in total. The molecular formula is C9H18O6. The van der Waals surface area contributed by atoms with E-state index in [1.807, 2.05) is 0 Å². The van der Waals surface area contributed by atoms with Crippen LogP contribution in [0.5, 0.6) is 0 Å². The molecule has 1 saturated heterocycles. The largest absolute Gasteiger partial charge is 0.394 e. The van der Waals surface area contributed by atoms with Crippen molar-refractivity contribution in [3.63, 3.8) is 0 Å². The molecule has 6 heteroatoms. The predicted octanol–water partition coefficient (Wildman–Crippen LogP) is -2.13. The van der Waals surface area contributed by atoms with Crippen LogP contribution in [0.15, 0.2) is 0 Å². The molecule has 0 saturated carbocycles. The van der Waals surface area contributed by atoms with E-state index in [0.717, 1.165) is 0 Å². The number of hydrogen-bond donors (Lipinski definition) is 4. The van der Waals surface area contributed by atoms with Gasteiger partial charge < -0.3 is 29.9 Å². The monoisotopic (exact) mass is 222 g/mol. The predicted molar refractivity (Wildman–Crippen MR) is 50.3 cm³/mol. The van der Waals surface area contributed by atoms with E-state index in [2.05, 4.69) is 0 Å². The maximum absolute atomic E-state index is 9.78. The van der Waals surface area contributed by atoms with Crippen LogP contribution >= 0.6 is 0 Å². The van der Waals surface area contributed by atoms with Gasteiger partial charge in [0.25, 0.3) is 0 Å². The van der Waals surface area contributed by atoms with Crippen molar-refractivity contribution in [2.24, 2.45) is 0 Å². The summed E-state index contributed by atoms with van der Waals surface area (Å²) >= 11 is 0. The topological polar surface area (TPSA) is 99.4 Å². The zero-order valence-electron chi connectivity index (χ0n) is 8.83. The first-order valence-corrected chi connectivity index (χ1v) is 4.82. The van der Waals surface area contributed by atoms with Crippen LogP contribution in [-0.2, 0) is 9.47 Å². The van der Waals surface area contributed by atoms with Crippen LogP contribution in [-0.4, -0.2) is 70.8 Å². The second-order valence-electron chi connectivity index (χ2n) is 3.77. The normalized spacial score (nSPS) is 43.2. The second-order valence-corrected chi connectivity index (χ2v) is 3.77. The number of methoxy groups -OCH3 is 1. The number of ether oxygens (including phenoxy) is 2. The lowest BCUT2D eigenvalue weighted by Crippen LogP contribution is -2.54. The molecule has 15 heavy (non-hydrogen) atoms. The Morgan fingerprint density at radius 3 is 2.33 bits per heavy atom. The fourth-order valence-electron chi connectivity index (χ4n) is 1.85. The summed E-state index contributed by atoms with van der Waals surface area (Å²) in [5, 5.41) is 37.5. The number of aliphatic hydroxyl groups is 4. The first-order chi connectivity index (χ1) is 7.03. The lowest BCUT2D eigenvalue weighted by atomic mass is 9.90. The average Bonchev–Trinajstić information content (AvgIpc) is 2.52. The smallest absolute Gasteiger partial charge is 0.146 e. The summed E-state index contributed by atoms with van der Waals surface area (Å²) in [4.78, 5) is 0. The molecule has 0 aromatic heterocycles. The van der Waals surface area contributed by atoms with E-state index in [1.54, 1.807) is 6.92 Å². The van der Waals surface area contributed by atoms with Crippen molar-refractivity contribution in [3.05, 3.63) is 0 Å². The first-order valence-electron chi connectivity index (χ1n) is 4.82. The lowest BCUT2D eigenvalue weighted by Gasteiger charge is -2.34. The SMILES string of the molecule is COC(C)[C@]1(CO)OC(CO)C(O)C1O. The van der Waals surface area contributed by atoms with Gasteiger partial charge in [0.15, 0.2) is 0 Å². The van der Waals surface area contributed by atoms with E-state index < -0.39 is 43.2 Å². The third-order valence-electron chi connectivity index (χ3n) is 3.04. The third kappa shape index (κ3) is 1.89. The lowest BCUT2D eigenvalue weighted by molar-refractivity contribution is -0.178. The maximum Gasteiger partial charge on any atom is 0.146 e. The molecule has 1 aliphatic heterocycles. The van der Waals surface area contributed by atoms with Crippen LogP contribution in [0, 0.1) is 0 Å². The van der Waals surface area contributed by atoms with Gasteiger partial charge in [-0.2, -0.15) is 0 Å². The summed E-state index contributed by atoms with van der Waals surface area (Å²) in [6, 6.07) is 0. The zero-order valence-corrected chi connectivity index (χ0v) is 8.83. The standard InChI is InChI=1S/C9H18O6/c1-5(14-2)9(4-11)8(13)7(12)6(3-10)15-9/h5-8,10-13H,3-4H2,1-2H3/t5?,6?,7?,8?,9-/m0/s1. The van der Waals surface area contributed by atoms with Crippen LogP contribution in [0.4, 0.5) is 0 Å². The van der Waals surface area contributed by atoms with E-state index >= 15 is 0 Å². The van der Waals surface area contributed by atoms with Gasteiger partial charge in [0, 0.05) is 7.11 Å². The molecule has 0 spiro atoms. The van der Waals surface area contributed by atoms with Crippen LogP contribution in [0.2, 0.25) is 0 Å². The van der Waals surface area contributed by atoms with E-state index in [4.69, 9.17) is 14.6 Å². The van der Waals surface area contributed by atoms with Gasteiger partial charge in [-0.3, -0.25) is 0 Å². The average molecular weight is 222 g/mol. The minimum atomic E-state index is -1.37. The Labute approximate surface area is 88.1 Å². The van der Waals surface area contributed by atoms with Gasteiger partial charge in [-0.1, -0.05) is 0 Å². The van der Waals surface area contributed by atoms with Crippen molar-refractivity contribution in [1.29, 1.82) is 0 Å². The minimum Gasteiger partial charge on any atom is -0.394 e. The Kier molecular flexibility index (Phi) is 4.05. The van der Waals surface area contributed by atoms with Gasteiger partial charge in [-0.25, -0.2) is 0 Å². The fourth-order valence-corrected chi connectivity index (χ4v) is 1.85. The fraction of sp³-hybridized carbons (Fsp3) is 1.00. The highest BCUT2D eigenvalue weighted by Crippen LogP contribution is 2.34. The van der Waals surface area contributed by atoms with Gasteiger partial charge in [0.2, 0.25) is 0 Å². The highest BCUT2D eigenvalue weighted by atomic mass is 16.6. The Bertz CT molecular complexity index is 211. The van der Waals surface area contributed by atoms with E-state index in [9.17, 15) is 15.3 Å². The first kappa shape index (κ1) is 12.8. The molecule has 1 fully saturated rings. The van der Waals surface area contributed by atoms with Crippen molar-refractivity contribution >= 4 is 0 Å². The van der Waals surface area contributed by atoms with Gasteiger partial charge in [0.05, 0.1) is 19.3 Å². The van der Waals surface area contributed by atoms with E-state index in [0.29, 0.717) is 0 Å². The molecule has 4 unspecified atom stereocenters. The molecule has 0 radical (unpaired) electrons. The van der Waals surface area contributed by atoms with Gasteiger partial charge >= 0.3 is 0 Å². The highest BCUT2D eigenvalue weighted by Gasteiger charge is 2.56. The van der Waals surface area contributed by atoms with Crippen LogP contribution in [0.25, 0.3) is 0 Å². The molecule has 0 aromatic carbocycles. The second kappa shape index (κ2) is 4.73. The number of aliphatic hydroxyl groups excluding tert-OH is 4. The van der Waals surface area contributed by atoms with Gasteiger partial charge in [-0.15, -0.1) is 0 Å². The summed E-state index contributed by atoms with van der Waals surface area (Å²) in [6.45, 7) is 0.707. The van der Waals surface area contributed by atoms with Gasteiger partial charge in [-0.05, 0) is 6.92 Å². The highest BCUT2D eigenvalue weighted by molar-refractivity contribution is 5.05. The molecule has 0 aliphatic carbocycles. The number of rotatable bonds is 4. The van der Waals surface area contributed by atoms with E-state index in [-0.39, 0.29) is 0 Å². The summed E-state index contributed by atoms with van der Waals surface area (Å²) in [6.07, 6.45) is -4.00. The van der Waals surface area contributed by atoms with Crippen molar-refractivity contribution < 1.29 is 29.9 Å². The zero-order chi connectivity index (χ0) is 11.6. The summed E-state index contributed by atoms with van der Waals surface area (Å²) in [5.41, 5.74) is -1.37. The van der Waals surface area contributed by atoms with Gasteiger partial charge in [0.1, 0.15) is 23.9 Å². The van der Waals surface area contributed by atoms with Crippen LogP contribution in [0.1, 0.15) is 6.92 Å². The Morgan fingerprint density at radius 1 is 1.40 bits per heavy atom. The molecule has 1 heterocycles. The third-order valence-corrected chi connectivity index (χ3v) is 3.04. The molecular weight excluding hydrogens is 204 g/mol. The van der Waals surface area contributed by atoms with Crippen molar-refractivity contribution in [2.45, 2.75) is 36.9 Å². The van der Waals surface area contributed by atoms with Crippen molar-refractivity contribution in [1.82, 2.24) is 0 Å². The Hall–Kier alpha value is -0.240. The molecule has 5 atom stereocenters. The van der Waals surface area contributed by atoms with Crippen molar-refractivity contribution in [2.75, 3.05) is 20.3 Å². The molecule has 0 bridgehead atoms. The molecule has 1 aliphatic rings. The summed E-state index contributed by atoms with van der Waals surface area (Å²) in [5.74, 6) is 0. The molecule has 0 amide bonds. The molecule has 1 rings (SSSR count). The number of hydrogen-bond acceptors (Lipinski definition) is 6.